The van der Waals surface area contributed by atoms with Gasteiger partial charge in [-0.3, -0.25) is 0 Å². The molecule has 0 radical (unpaired) electrons. The van der Waals surface area contributed by atoms with E-state index in [1.165, 1.54) is 11.3 Å². The summed E-state index contributed by atoms with van der Waals surface area (Å²) in [5, 5.41) is 3.42. The van der Waals surface area contributed by atoms with E-state index in [1.54, 1.807) is 0 Å². The summed E-state index contributed by atoms with van der Waals surface area (Å²) in [6.45, 7) is 8.88. The fourth-order valence-electron chi connectivity index (χ4n) is 3.45. The van der Waals surface area contributed by atoms with Gasteiger partial charge in [0.1, 0.15) is 0 Å². The number of aromatic nitrogens is 2. The maximum Gasteiger partial charge on any atom is 0.225 e. The summed E-state index contributed by atoms with van der Waals surface area (Å²) in [6, 6.07) is 0.380. The van der Waals surface area contributed by atoms with Crippen molar-refractivity contribution in [1.29, 1.82) is 0 Å². The minimum atomic E-state index is 0.300. The fourth-order valence-corrected chi connectivity index (χ4v) is 3.45. The molecule has 0 bridgehead atoms. The number of rotatable bonds is 2. The third-order valence-corrected chi connectivity index (χ3v) is 4.80. The minimum Gasteiger partial charge on any atom is -0.338 e. The van der Waals surface area contributed by atoms with Crippen molar-refractivity contribution in [2.24, 2.45) is 5.41 Å². The van der Waals surface area contributed by atoms with Crippen LogP contribution in [0.1, 0.15) is 37.6 Å². The predicted octanol–water partition coefficient (Wildman–Crippen LogP) is 1.46. The van der Waals surface area contributed by atoms with Crippen LogP contribution >= 0.6 is 0 Å². The largest absolute Gasteiger partial charge is 0.338 e. The van der Waals surface area contributed by atoms with E-state index in [-0.39, 0.29) is 0 Å². The highest BCUT2D eigenvalue weighted by molar-refractivity contribution is 5.36. The van der Waals surface area contributed by atoms with Crippen LogP contribution in [0.25, 0.3) is 0 Å². The van der Waals surface area contributed by atoms with E-state index in [4.69, 9.17) is 4.98 Å². The third kappa shape index (κ3) is 3.04. The van der Waals surface area contributed by atoms with Crippen molar-refractivity contribution < 1.29 is 0 Å². The molecule has 0 amide bonds. The molecule has 0 spiro atoms. The van der Waals surface area contributed by atoms with E-state index in [2.05, 4.69) is 41.0 Å². The van der Waals surface area contributed by atoms with Gasteiger partial charge in [-0.2, -0.15) is 0 Å². The van der Waals surface area contributed by atoms with Crippen molar-refractivity contribution >= 4 is 5.95 Å². The van der Waals surface area contributed by atoms with Gasteiger partial charge in [-0.15, -0.1) is 0 Å². The molecule has 0 saturated carbocycles. The molecular weight excluding hydrogens is 262 g/mol. The van der Waals surface area contributed by atoms with Gasteiger partial charge >= 0.3 is 0 Å². The summed E-state index contributed by atoms with van der Waals surface area (Å²) in [4.78, 5) is 14.2. The second-order valence-corrected chi connectivity index (χ2v) is 7.25. The van der Waals surface area contributed by atoms with Gasteiger partial charge in [0.2, 0.25) is 5.95 Å². The molecule has 5 heteroatoms. The number of hydrogen-bond donors (Lipinski definition) is 1. The Morgan fingerprint density at radius 3 is 2.62 bits per heavy atom. The molecule has 1 aromatic rings. The molecule has 1 fully saturated rings. The number of fused-ring (bicyclic) bond motifs is 1. The fraction of sp³-hybridized carbons (Fsp3) is 0.750. The van der Waals surface area contributed by atoms with Crippen LogP contribution in [0.15, 0.2) is 6.20 Å². The van der Waals surface area contributed by atoms with Crippen LogP contribution in [0.4, 0.5) is 5.95 Å². The lowest BCUT2D eigenvalue weighted by molar-refractivity contribution is 0.260. The number of likely N-dealkylation sites (N-methyl/N-ethyl adjacent to an activating group) is 1. The topological polar surface area (TPSA) is 44.3 Å². The first kappa shape index (κ1) is 14.7. The average Bonchev–Trinajstić information content (AvgIpc) is 2.45. The highest BCUT2D eigenvalue weighted by Gasteiger charge is 2.33. The summed E-state index contributed by atoms with van der Waals surface area (Å²) in [7, 11) is 4.20. The Bertz CT molecular complexity index is 505. The second-order valence-electron chi connectivity index (χ2n) is 7.25. The number of nitrogens with zero attached hydrogens (tertiary/aromatic N) is 4. The summed E-state index contributed by atoms with van der Waals surface area (Å²) in [5.74, 6) is 0.911. The number of piperazine rings is 1. The maximum atomic E-state index is 4.91. The Hall–Kier alpha value is -1.20. The van der Waals surface area contributed by atoms with Gasteiger partial charge in [-0.05, 0) is 32.4 Å². The van der Waals surface area contributed by atoms with E-state index in [9.17, 15) is 0 Å². The van der Waals surface area contributed by atoms with Crippen LogP contribution in [0.5, 0.6) is 0 Å². The molecule has 0 aromatic carbocycles. The molecule has 1 aliphatic heterocycles. The van der Waals surface area contributed by atoms with Crippen molar-refractivity contribution in [3.8, 4) is 0 Å². The Balaban J connectivity index is 1.87. The first-order valence-corrected chi connectivity index (χ1v) is 7.95. The normalized spacial score (nSPS) is 25.7. The highest BCUT2D eigenvalue weighted by atomic mass is 15.3. The van der Waals surface area contributed by atoms with Gasteiger partial charge < -0.3 is 15.1 Å². The van der Waals surface area contributed by atoms with Gasteiger partial charge in [0, 0.05) is 44.0 Å². The Morgan fingerprint density at radius 1 is 1.24 bits per heavy atom. The first-order valence-electron chi connectivity index (χ1n) is 7.95. The van der Waals surface area contributed by atoms with Crippen molar-refractivity contribution in [3.05, 3.63) is 17.5 Å². The summed E-state index contributed by atoms with van der Waals surface area (Å²) in [5.41, 5.74) is 2.82. The number of anilines is 1. The van der Waals surface area contributed by atoms with Crippen molar-refractivity contribution in [1.82, 2.24) is 20.2 Å². The maximum absolute atomic E-state index is 4.91. The van der Waals surface area contributed by atoms with E-state index >= 15 is 0 Å². The van der Waals surface area contributed by atoms with Gasteiger partial charge in [0.25, 0.3) is 0 Å². The Morgan fingerprint density at radius 2 is 1.95 bits per heavy atom. The van der Waals surface area contributed by atoms with Gasteiger partial charge in [-0.25, -0.2) is 9.97 Å². The number of nitrogens with one attached hydrogen (secondary N) is 1. The zero-order chi connectivity index (χ0) is 15.0. The van der Waals surface area contributed by atoms with Gasteiger partial charge in [0.05, 0.1) is 5.69 Å². The first-order chi connectivity index (χ1) is 9.98. The third-order valence-electron chi connectivity index (χ3n) is 4.80. The lowest BCUT2D eigenvalue weighted by atomic mass is 9.74. The summed E-state index contributed by atoms with van der Waals surface area (Å²) in [6.07, 6.45) is 4.24. The van der Waals surface area contributed by atoms with Crippen LogP contribution in [-0.2, 0) is 6.42 Å². The number of hydrogen-bond acceptors (Lipinski definition) is 5. The van der Waals surface area contributed by atoms with Crippen LogP contribution in [0.2, 0.25) is 0 Å². The molecule has 1 saturated heterocycles. The summed E-state index contributed by atoms with van der Waals surface area (Å²) < 4.78 is 0. The van der Waals surface area contributed by atoms with Crippen molar-refractivity contribution in [2.45, 2.75) is 32.7 Å². The lowest BCUT2D eigenvalue weighted by Gasteiger charge is -2.37. The van der Waals surface area contributed by atoms with E-state index in [0.29, 0.717) is 11.5 Å². The van der Waals surface area contributed by atoms with E-state index < -0.39 is 0 Å². The molecule has 1 aromatic heterocycles. The molecule has 116 valence electrons. The second kappa shape index (κ2) is 5.54. The molecule has 1 N–H and O–H groups in total. The van der Waals surface area contributed by atoms with Gasteiger partial charge in [-0.1, -0.05) is 13.8 Å². The molecule has 1 atom stereocenters. The van der Waals surface area contributed by atoms with Crippen molar-refractivity contribution in [2.75, 3.05) is 45.2 Å². The monoisotopic (exact) mass is 289 g/mol. The average molecular weight is 289 g/mol. The molecule has 1 unspecified atom stereocenters. The Labute approximate surface area is 127 Å². The predicted molar refractivity (Wildman–Crippen MR) is 85.6 cm³/mol. The van der Waals surface area contributed by atoms with Crippen LogP contribution in [-0.4, -0.2) is 55.1 Å². The molecule has 21 heavy (non-hydrogen) atoms. The molecule has 5 nitrogen and oxygen atoms in total. The molecular formula is C16H27N5. The summed E-state index contributed by atoms with van der Waals surface area (Å²) >= 11 is 0. The zero-order valence-corrected chi connectivity index (χ0v) is 13.7. The Kier molecular flexibility index (Phi) is 3.88. The highest BCUT2D eigenvalue weighted by Crippen LogP contribution is 2.39. The van der Waals surface area contributed by atoms with Gasteiger partial charge in [0.15, 0.2) is 0 Å². The molecule has 1 aliphatic carbocycles. The molecule has 2 aliphatic rings. The molecule has 3 rings (SSSR count). The molecule has 2 heterocycles. The van der Waals surface area contributed by atoms with Crippen LogP contribution < -0.4 is 10.2 Å². The lowest BCUT2D eigenvalue weighted by Crippen LogP contribution is -2.45. The zero-order valence-electron chi connectivity index (χ0n) is 13.7. The minimum absolute atomic E-state index is 0.300. The van der Waals surface area contributed by atoms with Crippen molar-refractivity contribution in [3.63, 3.8) is 0 Å². The van der Waals surface area contributed by atoms with Crippen LogP contribution in [0.3, 0.4) is 0 Å². The van der Waals surface area contributed by atoms with Crippen LogP contribution in [0, 0.1) is 5.41 Å². The smallest absolute Gasteiger partial charge is 0.225 e. The van der Waals surface area contributed by atoms with E-state index in [0.717, 1.165) is 45.0 Å². The SMILES string of the molecule is CNC1CC(C)(C)Cc2nc(N3CCN(C)CC3)ncc21. The standard InChI is InChI=1S/C16H27N5/c1-16(2)9-13(17-3)12-11-18-15(19-14(12)10-16)21-7-5-20(4)6-8-21/h11,13,17H,5-10H2,1-4H3. The van der Waals surface area contributed by atoms with E-state index in [1.807, 2.05) is 13.2 Å². The quantitative estimate of drug-likeness (QED) is 0.893.